The van der Waals surface area contributed by atoms with E-state index in [9.17, 15) is 0 Å². The van der Waals surface area contributed by atoms with E-state index in [4.69, 9.17) is 18.9 Å². The van der Waals surface area contributed by atoms with Gasteiger partial charge in [-0.2, -0.15) is 0 Å². The molecule has 0 radical (unpaired) electrons. The lowest BCUT2D eigenvalue weighted by Gasteiger charge is -2.53. The average Bonchev–Trinajstić information content (AvgIpc) is 3.05. The van der Waals surface area contributed by atoms with Gasteiger partial charge in [-0.25, -0.2) is 0 Å². The first-order valence-corrected chi connectivity index (χ1v) is 14.2. The topological polar surface area (TPSA) is 78.1 Å². The minimum Gasteiger partial charge on any atom is -0.496 e. The van der Waals surface area contributed by atoms with Crippen molar-refractivity contribution in [1.82, 2.24) is 10.6 Å². The molecule has 2 heterocycles. The van der Waals surface area contributed by atoms with Crippen molar-refractivity contribution in [3.63, 3.8) is 0 Å². The number of Topliss-reactive ketones (excluding diaryl/α,β-unsaturated/α-hetero) is 1. The minimum atomic E-state index is -0.459. The number of ketones is 1. The summed E-state index contributed by atoms with van der Waals surface area (Å²) in [6.45, 7) is 0. The molecule has 2 N–H and O–H groups in total. The Kier molecular flexibility index (Phi) is 7.87. The van der Waals surface area contributed by atoms with E-state index < -0.39 is 11.8 Å². The summed E-state index contributed by atoms with van der Waals surface area (Å²) >= 11 is 0. The first kappa shape index (κ1) is 27.8. The Morgan fingerprint density at radius 3 is 0.905 bits per heavy atom. The highest BCUT2D eigenvalue weighted by atomic mass is 16.5. The Labute approximate surface area is 246 Å². The smallest absolute Gasteiger partial charge is 0.146 e. The van der Waals surface area contributed by atoms with Crippen molar-refractivity contribution in [2.75, 3.05) is 28.4 Å². The maximum atomic E-state index is 15.1. The van der Waals surface area contributed by atoms with Gasteiger partial charge in [-0.05, 0) is 24.3 Å². The number of para-hydroxylation sites is 4. The van der Waals surface area contributed by atoms with E-state index in [1.165, 1.54) is 0 Å². The second-order valence-electron chi connectivity index (χ2n) is 10.7. The highest BCUT2D eigenvalue weighted by molar-refractivity contribution is 5.89. The lowest BCUT2D eigenvalue weighted by molar-refractivity contribution is -0.139. The standard InChI is InChI=1S/C35H36N2O5/c1-39-25-17-9-5-13-21(25)31-29-32(22-14-6-10-18-26(22)40-2)37-34(24-16-8-12-20-28(24)42-4)30(35(29)38)33(36-31)23-15-7-11-19-27(23)41-3/h5-20,29-34,36-37H,1-4H3/t29?,30?,31-,32-,33-,34-/m1/s1. The number of hydrogen-bond donors (Lipinski definition) is 2. The Morgan fingerprint density at radius 2 is 0.667 bits per heavy atom. The van der Waals surface area contributed by atoms with Gasteiger partial charge in [0.15, 0.2) is 0 Å². The van der Waals surface area contributed by atoms with Crippen LogP contribution in [0.4, 0.5) is 0 Å². The van der Waals surface area contributed by atoms with E-state index in [1.54, 1.807) is 28.4 Å². The second-order valence-corrected chi connectivity index (χ2v) is 10.7. The zero-order chi connectivity index (χ0) is 29.2. The van der Waals surface area contributed by atoms with Crippen LogP contribution in [0.2, 0.25) is 0 Å². The first-order valence-electron chi connectivity index (χ1n) is 14.2. The summed E-state index contributed by atoms with van der Waals surface area (Å²) in [5, 5.41) is 7.88. The van der Waals surface area contributed by atoms with Crippen LogP contribution >= 0.6 is 0 Å². The molecule has 0 spiro atoms. The van der Waals surface area contributed by atoms with Crippen LogP contribution in [0.15, 0.2) is 97.1 Å². The van der Waals surface area contributed by atoms with E-state index >= 15 is 4.79 Å². The molecule has 0 aliphatic carbocycles. The Balaban J connectivity index is 1.59. The van der Waals surface area contributed by atoms with Gasteiger partial charge in [0.05, 0.1) is 40.3 Å². The first-order chi connectivity index (χ1) is 20.6. The molecule has 4 aromatic rings. The maximum absolute atomic E-state index is 15.1. The fraction of sp³-hybridized carbons (Fsp3) is 0.286. The van der Waals surface area contributed by atoms with Crippen LogP contribution in [0.3, 0.4) is 0 Å². The maximum Gasteiger partial charge on any atom is 0.146 e. The number of ether oxygens (including phenoxy) is 4. The van der Waals surface area contributed by atoms with E-state index in [2.05, 4.69) is 10.6 Å². The van der Waals surface area contributed by atoms with Gasteiger partial charge in [-0.15, -0.1) is 0 Å². The van der Waals surface area contributed by atoms with Crippen molar-refractivity contribution in [3.8, 4) is 23.0 Å². The van der Waals surface area contributed by atoms with Gasteiger partial charge in [0.2, 0.25) is 0 Å². The van der Waals surface area contributed by atoms with Crippen molar-refractivity contribution in [2.45, 2.75) is 24.2 Å². The molecule has 4 atom stereocenters. The van der Waals surface area contributed by atoms with Crippen LogP contribution in [0.1, 0.15) is 46.4 Å². The number of hydrogen-bond acceptors (Lipinski definition) is 7. The van der Waals surface area contributed by atoms with Gasteiger partial charge in [-0.3, -0.25) is 4.79 Å². The molecule has 7 heteroatoms. The lowest BCUT2D eigenvalue weighted by atomic mass is 9.63. The quantitative estimate of drug-likeness (QED) is 0.272. The number of piperidine rings is 2. The summed E-state index contributed by atoms with van der Waals surface area (Å²) in [5.41, 5.74) is 3.70. The molecule has 2 aliphatic rings. The highest BCUT2D eigenvalue weighted by Crippen LogP contribution is 2.55. The Bertz CT molecular complexity index is 1350. The van der Waals surface area contributed by atoms with Crippen molar-refractivity contribution in [3.05, 3.63) is 119 Å². The zero-order valence-corrected chi connectivity index (χ0v) is 24.2. The van der Waals surface area contributed by atoms with Crippen LogP contribution in [0, 0.1) is 11.8 Å². The van der Waals surface area contributed by atoms with Crippen LogP contribution in [-0.4, -0.2) is 34.2 Å². The zero-order valence-electron chi connectivity index (χ0n) is 24.2. The predicted octanol–water partition coefficient (Wildman–Crippen LogP) is 5.99. The summed E-state index contributed by atoms with van der Waals surface area (Å²) in [6.07, 6.45) is 0. The number of carbonyl (C=O) groups excluding carboxylic acids is 1. The van der Waals surface area contributed by atoms with Crippen LogP contribution < -0.4 is 29.6 Å². The molecule has 4 aromatic carbocycles. The second kappa shape index (κ2) is 11.9. The SMILES string of the molecule is COc1ccccc1[C@H]1N[C@H](c2ccccc2OC)C2C(=O)C1[C@@H](c1ccccc1OC)N[C@@H]2c1ccccc1OC. The number of rotatable bonds is 8. The lowest BCUT2D eigenvalue weighted by Crippen LogP contribution is -2.60. The van der Waals surface area contributed by atoms with Gasteiger partial charge in [0.1, 0.15) is 28.8 Å². The normalized spacial score (nSPS) is 25.0. The van der Waals surface area contributed by atoms with E-state index in [-0.39, 0.29) is 30.0 Å². The van der Waals surface area contributed by atoms with Crippen molar-refractivity contribution < 1.29 is 23.7 Å². The molecule has 42 heavy (non-hydrogen) atoms. The predicted molar refractivity (Wildman–Crippen MR) is 161 cm³/mol. The number of nitrogens with one attached hydrogen (secondary N) is 2. The fourth-order valence-electron chi connectivity index (χ4n) is 6.89. The molecule has 2 bridgehead atoms. The molecular weight excluding hydrogens is 528 g/mol. The van der Waals surface area contributed by atoms with Crippen LogP contribution in [0.5, 0.6) is 23.0 Å². The summed E-state index contributed by atoms with van der Waals surface area (Å²) in [4.78, 5) is 15.1. The molecule has 2 fully saturated rings. The van der Waals surface area contributed by atoms with Crippen molar-refractivity contribution in [1.29, 1.82) is 0 Å². The number of methoxy groups -OCH3 is 4. The van der Waals surface area contributed by atoms with Gasteiger partial charge < -0.3 is 29.6 Å². The van der Waals surface area contributed by atoms with E-state index in [1.807, 2.05) is 97.1 Å². The third kappa shape index (κ3) is 4.68. The molecule has 0 amide bonds. The molecule has 2 aliphatic heterocycles. The minimum absolute atomic E-state index is 0.158. The molecule has 0 aromatic heterocycles. The summed E-state index contributed by atoms with van der Waals surface area (Å²) in [5.74, 6) is 2.15. The highest BCUT2D eigenvalue weighted by Gasteiger charge is 2.56. The van der Waals surface area contributed by atoms with E-state index in [0.29, 0.717) is 0 Å². The third-order valence-corrected chi connectivity index (χ3v) is 8.71. The van der Waals surface area contributed by atoms with Gasteiger partial charge in [0.25, 0.3) is 0 Å². The molecule has 0 saturated carbocycles. The molecule has 2 saturated heterocycles. The fourth-order valence-corrected chi connectivity index (χ4v) is 6.89. The molecule has 7 nitrogen and oxygen atoms in total. The Hall–Kier alpha value is -4.33. The van der Waals surface area contributed by atoms with Gasteiger partial charge in [-0.1, -0.05) is 72.8 Å². The summed E-state index contributed by atoms with van der Waals surface area (Å²) < 4.78 is 23.3. The molecule has 6 rings (SSSR count). The monoisotopic (exact) mass is 564 g/mol. The van der Waals surface area contributed by atoms with Crippen molar-refractivity contribution in [2.24, 2.45) is 11.8 Å². The van der Waals surface area contributed by atoms with Crippen LogP contribution in [0.25, 0.3) is 0 Å². The summed E-state index contributed by atoms with van der Waals surface area (Å²) in [6, 6.07) is 30.2. The number of benzene rings is 4. The van der Waals surface area contributed by atoms with E-state index in [0.717, 1.165) is 45.3 Å². The molecule has 216 valence electrons. The van der Waals surface area contributed by atoms with Gasteiger partial charge >= 0.3 is 0 Å². The Morgan fingerprint density at radius 1 is 0.429 bits per heavy atom. The third-order valence-electron chi connectivity index (χ3n) is 8.71. The summed E-state index contributed by atoms with van der Waals surface area (Å²) in [7, 11) is 6.66. The van der Waals surface area contributed by atoms with Crippen LogP contribution in [-0.2, 0) is 4.79 Å². The molecule has 0 unspecified atom stereocenters. The number of carbonyl (C=O) groups is 1. The largest absolute Gasteiger partial charge is 0.496 e. The average molecular weight is 565 g/mol. The van der Waals surface area contributed by atoms with Crippen molar-refractivity contribution >= 4 is 5.78 Å². The molecular formula is C35H36N2O5. The van der Waals surface area contributed by atoms with Gasteiger partial charge in [0, 0.05) is 46.4 Å². The number of fused-ring (bicyclic) bond motifs is 2.